The van der Waals surface area contributed by atoms with E-state index >= 15 is 0 Å². The van der Waals surface area contributed by atoms with E-state index in [2.05, 4.69) is 4.98 Å². The Morgan fingerprint density at radius 2 is 2.24 bits per heavy atom. The minimum absolute atomic E-state index is 0.0430. The highest BCUT2D eigenvalue weighted by Gasteiger charge is 2.16. The molecule has 0 aromatic carbocycles. The number of carboxylic acids is 1. The third kappa shape index (κ3) is 2.87. The first-order valence-electron chi connectivity index (χ1n) is 5.78. The summed E-state index contributed by atoms with van der Waals surface area (Å²) in [5, 5.41) is 8.91. The van der Waals surface area contributed by atoms with Gasteiger partial charge in [-0.05, 0) is 18.8 Å². The molecule has 5 heteroatoms. The second kappa shape index (κ2) is 5.03. The Hall–Kier alpha value is -1.78. The molecule has 17 heavy (non-hydrogen) atoms. The van der Waals surface area contributed by atoms with E-state index in [-0.39, 0.29) is 11.3 Å². The van der Waals surface area contributed by atoms with Gasteiger partial charge in [0.15, 0.2) is 0 Å². The lowest BCUT2D eigenvalue weighted by Gasteiger charge is -2.11. The first-order chi connectivity index (χ1) is 8.16. The van der Waals surface area contributed by atoms with Crippen molar-refractivity contribution in [1.29, 1.82) is 0 Å². The Labute approximate surface area is 99.6 Å². The van der Waals surface area contributed by atoms with Gasteiger partial charge < -0.3 is 15.6 Å². The van der Waals surface area contributed by atoms with Gasteiger partial charge in [-0.3, -0.25) is 0 Å². The molecule has 1 fully saturated rings. The lowest BCUT2D eigenvalue weighted by atomic mass is 10.1. The number of carboxylic acid groups (broad SMARTS) is 1. The molecular formula is C12H16N2O3. The second-order valence-corrected chi connectivity index (χ2v) is 4.38. The molecule has 0 saturated heterocycles. The van der Waals surface area contributed by atoms with Gasteiger partial charge in [0.1, 0.15) is 0 Å². The summed E-state index contributed by atoms with van der Waals surface area (Å²) >= 11 is 0. The molecule has 1 aliphatic carbocycles. The van der Waals surface area contributed by atoms with Crippen molar-refractivity contribution >= 4 is 11.7 Å². The molecule has 0 radical (unpaired) electrons. The maximum atomic E-state index is 10.9. The van der Waals surface area contributed by atoms with E-state index in [0.717, 1.165) is 0 Å². The van der Waals surface area contributed by atoms with Crippen molar-refractivity contribution in [1.82, 2.24) is 4.98 Å². The number of nitrogens with zero attached hydrogens (tertiary/aromatic N) is 1. The van der Waals surface area contributed by atoms with Gasteiger partial charge in [0.2, 0.25) is 5.88 Å². The molecule has 3 N–H and O–H groups in total. The summed E-state index contributed by atoms with van der Waals surface area (Å²) in [6.45, 7) is 0.607. The molecule has 0 aliphatic heterocycles. The summed E-state index contributed by atoms with van der Waals surface area (Å²) in [6, 6.07) is 1.38. The van der Waals surface area contributed by atoms with Crippen LogP contribution in [-0.4, -0.2) is 22.7 Å². The minimum atomic E-state index is -1.06. The predicted molar refractivity (Wildman–Crippen MR) is 63.1 cm³/mol. The number of ether oxygens (including phenoxy) is 1. The average Bonchev–Trinajstić information content (AvgIpc) is 2.80. The van der Waals surface area contributed by atoms with Crippen molar-refractivity contribution in [3.8, 4) is 5.88 Å². The zero-order valence-electron chi connectivity index (χ0n) is 9.56. The van der Waals surface area contributed by atoms with Crippen LogP contribution in [0.5, 0.6) is 5.88 Å². The lowest BCUT2D eigenvalue weighted by Crippen LogP contribution is -2.10. The van der Waals surface area contributed by atoms with Crippen LogP contribution in [0.2, 0.25) is 0 Å². The zero-order chi connectivity index (χ0) is 12.3. The number of hydrogen-bond donors (Lipinski definition) is 2. The van der Waals surface area contributed by atoms with E-state index in [1.54, 1.807) is 0 Å². The Morgan fingerprint density at radius 3 is 2.88 bits per heavy atom. The average molecular weight is 236 g/mol. The topological polar surface area (TPSA) is 85.4 Å². The number of anilines is 1. The number of nitrogen functional groups attached to an aromatic ring is 1. The molecule has 5 nitrogen and oxygen atoms in total. The molecule has 1 aromatic heterocycles. The number of nitrogens with two attached hydrogens (primary N) is 1. The van der Waals surface area contributed by atoms with Gasteiger partial charge in [-0.15, -0.1) is 0 Å². The van der Waals surface area contributed by atoms with E-state index in [4.69, 9.17) is 15.6 Å². The van der Waals surface area contributed by atoms with Gasteiger partial charge in [-0.25, -0.2) is 9.78 Å². The lowest BCUT2D eigenvalue weighted by molar-refractivity contribution is 0.0697. The zero-order valence-corrected chi connectivity index (χ0v) is 9.56. The van der Waals surface area contributed by atoms with Crippen molar-refractivity contribution in [3.63, 3.8) is 0 Å². The standard InChI is InChI=1S/C12H16N2O3/c13-10-6-14-11(5-9(10)12(15)16)17-7-8-3-1-2-4-8/h5-6,8H,1-4,7,13H2,(H,15,16). The van der Waals surface area contributed by atoms with Gasteiger partial charge in [-0.2, -0.15) is 0 Å². The highest BCUT2D eigenvalue weighted by atomic mass is 16.5. The molecule has 0 bridgehead atoms. The quantitative estimate of drug-likeness (QED) is 0.834. The highest BCUT2D eigenvalue weighted by Crippen LogP contribution is 2.25. The molecule has 0 unspecified atom stereocenters. The molecule has 1 heterocycles. The van der Waals surface area contributed by atoms with Crippen molar-refractivity contribution < 1.29 is 14.6 Å². The summed E-state index contributed by atoms with van der Waals surface area (Å²) in [5.41, 5.74) is 5.71. The van der Waals surface area contributed by atoms with Crippen LogP contribution < -0.4 is 10.5 Å². The van der Waals surface area contributed by atoms with Gasteiger partial charge in [-0.1, -0.05) is 12.8 Å². The fourth-order valence-corrected chi connectivity index (χ4v) is 2.09. The van der Waals surface area contributed by atoms with Crippen molar-refractivity contribution in [2.45, 2.75) is 25.7 Å². The van der Waals surface area contributed by atoms with Crippen LogP contribution in [0.3, 0.4) is 0 Å². The van der Waals surface area contributed by atoms with Crippen LogP contribution >= 0.6 is 0 Å². The third-order valence-corrected chi connectivity index (χ3v) is 3.08. The van der Waals surface area contributed by atoms with Gasteiger partial charge in [0.25, 0.3) is 0 Å². The largest absolute Gasteiger partial charge is 0.478 e. The van der Waals surface area contributed by atoms with Crippen molar-refractivity contribution in [2.24, 2.45) is 5.92 Å². The summed E-state index contributed by atoms with van der Waals surface area (Å²) in [6.07, 6.45) is 6.20. The predicted octanol–water partition coefficient (Wildman–Crippen LogP) is 1.93. The summed E-state index contributed by atoms with van der Waals surface area (Å²) in [5.74, 6) is -0.151. The van der Waals surface area contributed by atoms with E-state index in [1.807, 2.05) is 0 Å². The molecule has 1 saturated carbocycles. The molecule has 1 aromatic rings. The molecule has 0 atom stereocenters. The summed E-state index contributed by atoms with van der Waals surface area (Å²) in [4.78, 5) is 14.8. The van der Waals surface area contributed by atoms with E-state index in [1.165, 1.54) is 37.9 Å². The van der Waals surface area contributed by atoms with E-state index in [0.29, 0.717) is 18.4 Å². The SMILES string of the molecule is Nc1cnc(OCC2CCCC2)cc1C(=O)O. The smallest absolute Gasteiger partial charge is 0.338 e. The minimum Gasteiger partial charge on any atom is -0.478 e. The molecule has 1 aliphatic rings. The summed E-state index contributed by atoms with van der Waals surface area (Å²) < 4.78 is 5.51. The van der Waals surface area contributed by atoms with E-state index < -0.39 is 5.97 Å². The molecule has 92 valence electrons. The number of hydrogen-bond acceptors (Lipinski definition) is 4. The van der Waals surface area contributed by atoms with E-state index in [9.17, 15) is 4.79 Å². The Balaban J connectivity index is 2.00. The summed E-state index contributed by atoms with van der Waals surface area (Å²) in [7, 11) is 0. The first kappa shape index (κ1) is 11.7. The van der Waals surface area contributed by atoms with Crippen LogP contribution in [0, 0.1) is 5.92 Å². The fourth-order valence-electron chi connectivity index (χ4n) is 2.09. The first-order valence-corrected chi connectivity index (χ1v) is 5.78. The Morgan fingerprint density at radius 1 is 1.53 bits per heavy atom. The van der Waals surface area contributed by atoms with Crippen LogP contribution in [0.15, 0.2) is 12.3 Å². The monoisotopic (exact) mass is 236 g/mol. The van der Waals surface area contributed by atoms with Crippen LogP contribution in [0.25, 0.3) is 0 Å². The molecular weight excluding hydrogens is 220 g/mol. The number of rotatable bonds is 4. The maximum absolute atomic E-state index is 10.9. The highest BCUT2D eigenvalue weighted by molar-refractivity contribution is 5.93. The number of carbonyl (C=O) groups is 1. The Bertz CT molecular complexity index is 414. The van der Waals surface area contributed by atoms with Gasteiger partial charge >= 0.3 is 5.97 Å². The number of pyridine rings is 1. The van der Waals surface area contributed by atoms with Crippen molar-refractivity contribution in [3.05, 3.63) is 17.8 Å². The van der Waals surface area contributed by atoms with Gasteiger partial charge in [0.05, 0.1) is 24.1 Å². The molecule has 0 amide bonds. The third-order valence-electron chi connectivity index (χ3n) is 3.08. The fraction of sp³-hybridized carbons (Fsp3) is 0.500. The van der Waals surface area contributed by atoms with Crippen molar-refractivity contribution in [2.75, 3.05) is 12.3 Å². The maximum Gasteiger partial charge on any atom is 0.338 e. The number of aromatic carboxylic acids is 1. The molecule has 0 spiro atoms. The van der Waals surface area contributed by atoms with Crippen LogP contribution in [0.4, 0.5) is 5.69 Å². The van der Waals surface area contributed by atoms with Crippen LogP contribution in [-0.2, 0) is 0 Å². The van der Waals surface area contributed by atoms with Crippen LogP contribution in [0.1, 0.15) is 36.0 Å². The Kier molecular flexibility index (Phi) is 3.46. The normalized spacial score (nSPS) is 16.0. The second-order valence-electron chi connectivity index (χ2n) is 4.38. The van der Waals surface area contributed by atoms with Gasteiger partial charge in [0, 0.05) is 6.07 Å². The molecule has 2 rings (SSSR count). The number of aromatic nitrogens is 1.